The van der Waals surface area contributed by atoms with Crippen LogP contribution in [0.2, 0.25) is 0 Å². The fraction of sp³-hybridized carbons (Fsp3) is 0.958. The van der Waals surface area contributed by atoms with E-state index < -0.39 is 0 Å². The molecule has 0 aromatic heterocycles. The summed E-state index contributed by atoms with van der Waals surface area (Å²) in [6.07, 6.45) is 26.6. The molecule has 0 amide bonds. The standard InChI is InChI=1S/C24H49NO2.K.H/c1-2-3-4-5-6-7-8-9-10-11-12-13-14-15-16-17-18-19-20-21-24(26)27-23-22-25;;/h2-23,25H2,1H3;;. The van der Waals surface area contributed by atoms with Gasteiger partial charge in [-0.1, -0.05) is 122 Å². The summed E-state index contributed by atoms with van der Waals surface area (Å²) in [5.41, 5.74) is 5.30. The van der Waals surface area contributed by atoms with Gasteiger partial charge in [0.15, 0.2) is 0 Å². The van der Waals surface area contributed by atoms with E-state index >= 15 is 0 Å². The zero-order valence-electron chi connectivity index (χ0n) is 18.5. The third-order valence-electron chi connectivity index (χ3n) is 5.37. The molecule has 0 rings (SSSR count). The quantitative estimate of drug-likeness (QED) is 0.120. The fourth-order valence-corrected chi connectivity index (χ4v) is 3.59. The van der Waals surface area contributed by atoms with Gasteiger partial charge in [0.2, 0.25) is 0 Å². The van der Waals surface area contributed by atoms with Gasteiger partial charge in [-0.15, -0.1) is 0 Å². The molecule has 3 nitrogen and oxygen atoms in total. The zero-order chi connectivity index (χ0) is 19.8. The molecule has 0 spiro atoms. The summed E-state index contributed by atoms with van der Waals surface area (Å²) in [6.45, 7) is 3.07. The normalized spacial score (nSPS) is 10.6. The molecular formula is C24H50KNO2. The van der Waals surface area contributed by atoms with Crippen LogP contribution in [0.3, 0.4) is 0 Å². The van der Waals surface area contributed by atoms with Crippen molar-refractivity contribution in [3.8, 4) is 0 Å². The second-order valence-electron chi connectivity index (χ2n) is 8.12. The van der Waals surface area contributed by atoms with Gasteiger partial charge in [0.25, 0.3) is 0 Å². The van der Waals surface area contributed by atoms with Crippen molar-refractivity contribution in [2.75, 3.05) is 13.2 Å². The summed E-state index contributed by atoms with van der Waals surface area (Å²) >= 11 is 0. The average molecular weight is 424 g/mol. The molecule has 0 aromatic rings. The predicted octanol–water partition coefficient (Wildman–Crippen LogP) is 6.66. The molecule has 28 heavy (non-hydrogen) atoms. The molecule has 0 saturated carbocycles. The molecule has 164 valence electrons. The number of carbonyl (C=O) groups excluding carboxylic acids is 1. The maximum absolute atomic E-state index is 11.3. The zero-order valence-corrected chi connectivity index (χ0v) is 18.5. The van der Waals surface area contributed by atoms with Crippen LogP contribution < -0.4 is 5.73 Å². The van der Waals surface area contributed by atoms with Crippen LogP contribution in [0, 0.1) is 0 Å². The number of ether oxygens (including phenoxy) is 1. The molecule has 0 fully saturated rings. The van der Waals surface area contributed by atoms with E-state index in [1.54, 1.807) is 0 Å². The SMILES string of the molecule is CCCCCCCCCCCCCCCCCCCCCC(=O)OCCN.[KH]. The molecule has 0 aliphatic heterocycles. The Morgan fingerprint density at radius 2 is 0.929 bits per heavy atom. The first-order valence-electron chi connectivity index (χ1n) is 12.2. The molecule has 0 aliphatic carbocycles. The third kappa shape index (κ3) is 27.1. The van der Waals surface area contributed by atoms with Crippen molar-refractivity contribution >= 4 is 57.4 Å². The number of carbonyl (C=O) groups is 1. The van der Waals surface area contributed by atoms with Crippen molar-refractivity contribution in [2.45, 2.75) is 135 Å². The van der Waals surface area contributed by atoms with Gasteiger partial charge >= 0.3 is 57.4 Å². The van der Waals surface area contributed by atoms with Crippen LogP contribution in [0.15, 0.2) is 0 Å². The van der Waals surface area contributed by atoms with Gasteiger partial charge in [-0.05, 0) is 6.42 Å². The Morgan fingerprint density at radius 3 is 1.25 bits per heavy atom. The van der Waals surface area contributed by atoms with E-state index in [4.69, 9.17) is 10.5 Å². The summed E-state index contributed by atoms with van der Waals surface area (Å²) in [5.74, 6) is -0.0903. The van der Waals surface area contributed by atoms with E-state index in [1.165, 1.54) is 109 Å². The number of esters is 1. The van der Waals surface area contributed by atoms with Crippen LogP contribution in [-0.4, -0.2) is 70.5 Å². The first kappa shape index (κ1) is 31.3. The van der Waals surface area contributed by atoms with E-state index in [0.717, 1.165) is 12.8 Å². The predicted molar refractivity (Wildman–Crippen MR) is 125 cm³/mol. The molecular weight excluding hydrogens is 373 g/mol. The van der Waals surface area contributed by atoms with Crippen molar-refractivity contribution in [3.05, 3.63) is 0 Å². The summed E-state index contributed by atoms with van der Waals surface area (Å²) in [4.78, 5) is 11.3. The van der Waals surface area contributed by atoms with E-state index in [2.05, 4.69) is 6.92 Å². The van der Waals surface area contributed by atoms with Crippen molar-refractivity contribution in [1.29, 1.82) is 0 Å². The molecule has 0 atom stereocenters. The van der Waals surface area contributed by atoms with Crippen LogP contribution in [0.5, 0.6) is 0 Å². The molecule has 0 unspecified atom stereocenters. The second kappa shape index (κ2) is 28.1. The Balaban J connectivity index is 0. The maximum atomic E-state index is 11.3. The van der Waals surface area contributed by atoms with Crippen LogP contribution in [0.25, 0.3) is 0 Å². The van der Waals surface area contributed by atoms with Crippen molar-refractivity contribution in [1.82, 2.24) is 0 Å². The topological polar surface area (TPSA) is 52.3 Å². The Kier molecular flexibility index (Phi) is 31.3. The Morgan fingerprint density at radius 1 is 0.607 bits per heavy atom. The Bertz CT molecular complexity index is 300. The number of hydrogen-bond donors (Lipinski definition) is 1. The Hall–Kier alpha value is 1.07. The molecule has 0 heterocycles. The number of nitrogens with two attached hydrogens (primary N) is 1. The molecule has 0 aromatic carbocycles. The van der Waals surface area contributed by atoms with Crippen LogP contribution in [-0.2, 0) is 9.53 Å². The van der Waals surface area contributed by atoms with Crippen molar-refractivity contribution in [2.24, 2.45) is 5.73 Å². The summed E-state index contributed by atoms with van der Waals surface area (Å²) in [7, 11) is 0. The van der Waals surface area contributed by atoms with Gasteiger partial charge in [-0.25, -0.2) is 0 Å². The van der Waals surface area contributed by atoms with E-state index in [-0.39, 0.29) is 57.4 Å². The first-order valence-corrected chi connectivity index (χ1v) is 12.2. The van der Waals surface area contributed by atoms with Crippen molar-refractivity contribution < 1.29 is 9.53 Å². The van der Waals surface area contributed by atoms with Gasteiger partial charge in [0.05, 0.1) is 0 Å². The molecule has 0 aliphatic rings. The Labute approximate surface area is 219 Å². The average Bonchev–Trinajstić information content (AvgIpc) is 2.68. The number of hydrogen-bond acceptors (Lipinski definition) is 3. The fourth-order valence-electron chi connectivity index (χ4n) is 3.59. The van der Waals surface area contributed by atoms with E-state index in [9.17, 15) is 4.79 Å². The second-order valence-corrected chi connectivity index (χ2v) is 8.12. The summed E-state index contributed by atoms with van der Waals surface area (Å²) in [5, 5.41) is 0. The molecule has 0 bridgehead atoms. The van der Waals surface area contributed by atoms with Gasteiger partial charge in [0, 0.05) is 13.0 Å². The minimum absolute atomic E-state index is 0. The van der Waals surface area contributed by atoms with Crippen LogP contribution >= 0.6 is 0 Å². The molecule has 4 heteroatoms. The van der Waals surface area contributed by atoms with Gasteiger partial charge < -0.3 is 10.5 Å². The van der Waals surface area contributed by atoms with Crippen molar-refractivity contribution in [3.63, 3.8) is 0 Å². The third-order valence-corrected chi connectivity index (χ3v) is 5.37. The number of unbranched alkanes of at least 4 members (excludes halogenated alkanes) is 18. The molecule has 0 radical (unpaired) electrons. The van der Waals surface area contributed by atoms with Gasteiger partial charge in [-0.3, -0.25) is 4.79 Å². The monoisotopic (exact) mass is 423 g/mol. The van der Waals surface area contributed by atoms with Gasteiger partial charge in [-0.2, -0.15) is 0 Å². The molecule has 2 N–H and O–H groups in total. The number of rotatable bonds is 22. The van der Waals surface area contributed by atoms with Crippen LogP contribution in [0.4, 0.5) is 0 Å². The van der Waals surface area contributed by atoms with Gasteiger partial charge in [0.1, 0.15) is 6.61 Å². The van der Waals surface area contributed by atoms with Crippen LogP contribution in [0.1, 0.15) is 135 Å². The first-order chi connectivity index (χ1) is 13.3. The van der Waals surface area contributed by atoms with E-state index in [1.807, 2.05) is 0 Å². The molecule has 0 saturated heterocycles. The van der Waals surface area contributed by atoms with E-state index in [0.29, 0.717) is 19.6 Å². The summed E-state index contributed by atoms with van der Waals surface area (Å²) < 4.78 is 4.96. The summed E-state index contributed by atoms with van der Waals surface area (Å²) in [6, 6.07) is 0. The minimum atomic E-state index is -0.0903.